The second-order valence-corrected chi connectivity index (χ2v) is 5.71. The van der Waals surface area contributed by atoms with Crippen molar-refractivity contribution >= 4 is 23.5 Å². The number of para-hydroxylation sites is 1. The molecule has 0 heterocycles. The van der Waals surface area contributed by atoms with Crippen LogP contribution >= 0.6 is 0 Å². The van der Waals surface area contributed by atoms with Crippen LogP contribution < -0.4 is 10.7 Å². The van der Waals surface area contributed by atoms with E-state index in [0.29, 0.717) is 0 Å². The van der Waals surface area contributed by atoms with Gasteiger partial charge in [0.15, 0.2) is 0 Å². The molecule has 1 amide bonds. The van der Waals surface area contributed by atoms with Crippen LogP contribution in [0.1, 0.15) is 11.1 Å². The average molecular weight is 347 g/mol. The highest BCUT2D eigenvalue weighted by Gasteiger charge is 2.02. The maximum absolute atomic E-state index is 12.8. The van der Waals surface area contributed by atoms with E-state index in [0.717, 1.165) is 22.5 Å². The van der Waals surface area contributed by atoms with E-state index in [4.69, 9.17) is 0 Å². The Bertz CT molecular complexity index is 875. The highest BCUT2D eigenvalue weighted by Crippen LogP contribution is 2.16. The summed E-state index contributed by atoms with van der Waals surface area (Å²) in [7, 11) is 0. The van der Waals surface area contributed by atoms with Gasteiger partial charge in [-0.25, -0.2) is 9.82 Å². The zero-order valence-electron chi connectivity index (χ0n) is 14.0. The van der Waals surface area contributed by atoms with Gasteiger partial charge in [0.05, 0.1) is 12.6 Å². The Morgan fingerprint density at radius 2 is 1.54 bits per heavy atom. The van der Waals surface area contributed by atoms with Crippen LogP contribution in [0.5, 0.6) is 0 Å². The molecule has 0 aliphatic heterocycles. The molecule has 0 spiro atoms. The molecule has 0 radical (unpaired) electrons. The van der Waals surface area contributed by atoms with Gasteiger partial charge in [-0.15, -0.1) is 0 Å². The largest absolute Gasteiger partial charge is 0.356 e. The van der Waals surface area contributed by atoms with Crippen LogP contribution in [0.25, 0.3) is 0 Å². The Morgan fingerprint density at radius 1 is 0.885 bits per heavy atom. The van der Waals surface area contributed by atoms with Gasteiger partial charge in [-0.3, -0.25) is 4.79 Å². The molecule has 4 nitrogen and oxygen atoms in total. The summed E-state index contributed by atoms with van der Waals surface area (Å²) in [6.45, 7) is 0. The summed E-state index contributed by atoms with van der Waals surface area (Å²) in [6.07, 6.45) is 1.73. The van der Waals surface area contributed by atoms with E-state index in [9.17, 15) is 9.18 Å². The lowest BCUT2D eigenvalue weighted by molar-refractivity contribution is -0.120. The molecule has 3 aromatic carbocycles. The summed E-state index contributed by atoms with van der Waals surface area (Å²) in [5, 5.41) is 7.25. The summed E-state index contributed by atoms with van der Waals surface area (Å²) >= 11 is 0. The summed E-state index contributed by atoms with van der Waals surface area (Å²) < 4.78 is 12.8. The van der Waals surface area contributed by atoms with Crippen LogP contribution in [0.4, 0.5) is 15.8 Å². The van der Waals surface area contributed by atoms with Crippen LogP contribution in [0.2, 0.25) is 0 Å². The van der Waals surface area contributed by atoms with Crippen molar-refractivity contribution in [3.05, 3.63) is 95.8 Å². The first-order valence-electron chi connectivity index (χ1n) is 8.17. The molecule has 0 aliphatic carbocycles. The second kappa shape index (κ2) is 8.58. The molecule has 3 rings (SSSR count). The molecule has 0 saturated heterocycles. The number of hydrogen-bond donors (Lipinski definition) is 2. The van der Waals surface area contributed by atoms with Crippen LogP contribution in [0.15, 0.2) is 84.0 Å². The zero-order valence-corrected chi connectivity index (χ0v) is 14.0. The zero-order chi connectivity index (χ0) is 18.2. The van der Waals surface area contributed by atoms with E-state index in [1.807, 2.05) is 54.6 Å². The smallest absolute Gasteiger partial charge is 0.244 e. The number of hydrogen-bond acceptors (Lipinski definition) is 3. The number of amides is 1. The molecule has 0 saturated carbocycles. The molecule has 26 heavy (non-hydrogen) atoms. The number of hydrazone groups is 1. The van der Waals surface area contributed by atoms with Crippen LogP contribution in [-0.4, -0.2) is 12.1 Å². The van der Waals surface area contributed by atoms with Crippen LogP contribution in [0.3, 0.4) is 0 Å². The van der Waals surface area contributed by atoms with Gasteiger partial charge in [0.25, 0.3) is 0 Å². The maximum atomic E-state index is 12.8. The van der Waals surface area contributed by atoms with Crippen molar-refractivity contribution in [3.63, 3.8) is 0 Å². The van der Waals surface area contributed by atoms with Crippen LogP contribution in [-0.2, 0) is 11.2 Å². The van der Waals surface area contributed by atoms with Gasteiger partial charge in [-0.05, 0) is 47.5 Å². The molecule has 0 atom stereocenters. The summed E-state index contributed by atoms with van der Waals surface area (Å²) in [4.78, 5) is 11.8. The lowest BCUT2D eigenvalue weighted by atomic mass is 10.1. The minimum atomic E-state index is -0.322. The maximum Gasteiger partial charge on any atom is 0.244 e. The predicted molar refractivity (Wildman–Crippen MR) is 102 cm³/mol. The number of rotatable bonds is 6. The van der Waals surface area contributed by atoms with E-state index < -0.39 is 0 Å². The van der Waals surface area contributed by atoms with Gasteiger partial charge in [-0.2, -0.15) is 5.10 Å². The van der Waals surface area contributed by atoms with E-state index in [1.54, 1.807) is 18.3 Å². The molecular weight excluding hydrogens is 329 g/mol. The molecule has 5 heteroatoms. The quantitative estimate of drug-likeness (QED) is 0.517. The van der Waals surface area contributed by atoms with Crippen molar-refractivity contribution in [1.82, 2.24) is 5.43 Å². The second-order valence-electron chi connectivity index (χ2n) is 5.71. The first-order valence-corrected chi connectivity index (χ1v) is 8.17. The fourth-order valence-electron chi connectivity index (χ4n) is 2.35. The fourth-order valence-corrected chi connectivity index (χ4v) is 2.35. The third-order valence-electron chi connectivity index (χ3n) is 3.65. The highest BCUT2D eigenvalue weighted by molar-refractivity contribution is 5.83. The fraction of sp³-hybridized carbons (Fsp3) is 0.0476. The number of carbonyl (C=O) groups is 1. The van der Waals surface area contributed by atoms with Crippen molar-refractivity contribution < 1.29 is 9.18 Å². The number of anilines is 2. The molecule has 0 fully saturated rings. The van der Waals surface area contributed by atoms with Gasteiger partial charge in [-0.1, -0.05) is 42.5 Å². The molecule has 0 unspecified atom stereocenters. The Labute approximate surface area is 151 Å². The third kappa shape index (κ3) is 5.27. The van der Waals surface area contributed by atoms with Gasteiger partial charge in [0.1, 0.15) is 5.82 Å². The van der Waals surface area contributed by atoms with Gasteiger partial charge >= 0.3 is 0 Å². The Hall–Kier alpha value is -3.47. The molecule has 3 aromatic rings. The van der Waals surface area contributed by atoms with Crippen molar-refractivity contribution in [2.45, 2.75) is 6.42 Å². The van der Waals surface area contributed by atoms with Crippen molar-refractivity contribution in [2.75, 3.05) is 5.32 Å². The minimum absolute atomic E-state index is 0.150. The number of nitrogens with zero attached hydrogens (tertiary/aromatic N) is 1. The van der Waals surface area contributed by atoms with E-state index in [1.165, 1.54) is 12.1 Å². The number of carbonyl (C=O) groups excluding carboxylic acids is 1. The lowest BCUT2D eigenvalue weighted by Crippen LogP contribution is -2.19. The van der Waals surface area contributed by atoms with E-state index in [2.05, 4.69) is 15.8 Å². The van der Waals surface area contributed by atoms with Gasteiger partial charge in [0.2, 0.25) is 5.91 Å². The first-order chi connectivity index (χ1) is 12.7. The lowest BCUT2D eigenvalue weighted by Gasteiger charge is -2.06. The topological polar surface area (TPSA) is 53.5 Å². The highest BCUT2D eigenvalue weighted by atomic mass is 19.1. The van der Waals surface area contributed by atoms with Crippen LogP contribution in [0, 0.1) is 5.82 Å². The standard InChI is InChI=1S/C21H18FN3O/c22-18-10-6-16(7-11-18)14-21(26)25-23-15-17-8-12-20(13-9-17)24-19-4-2-1-3-5-19/h1-13,15,24H,14H2,(H,25,26)/b23-15-. The molecular formula is C21H18FN3O. The van der Waals surface area contributed by atoms with Gasteiger partial charge < -0.3 is 5.32 Å². The Morgan fingerprint density at radius 3 is 2.23 bits per heavy atom. The van der Waals surface area contributed by atoms with E-state index in [-0.39, 0.29) is 18.1 Å². The molecule has 0 aromatic heterocycles. The number of benzene rings is 3. The van der Waals surface area contributed by atoms with Crippen molar-refractivity contribution in [1.29, 1.82) is 0 Å². The normalized spacial score (nSPS) is 10.7. The van der Waals surface area contributed by atoms with Crippen molar-refractivity contribution in [2.24, 2.45) is 5.10 Å². The van der Waals surface area contributed by atoms with E-state index >= 15 is 0 Å². The molecule has 130 valence electrons. The third-order valence-corrected chi connectivity index (χ3v) is 3.65. The average Bonchev–Trinajstić information content (AvgIpc) is 2.66. The number of nitrogens with one attached hydrogen (secondary N) is 2. The predicted octanol–water partition coefficient (Wildman–Crippen LogP) is 4.26. The summed E-state index contributed by atoms with van der Waals surface area (Å²) in [5.74, 6) is -0.576. The molecule has 0 bridgehead atoms. The Kier molecular flexibility index (Phi) is 5.72. The molecule has 2 N–H and O–H groups in total. The van der Waals surface area contributed by atoms with Gasteiger partial charge in [0, 0.05) is 11.4 Å². The summed E-state index contributed by atoms with van der Waals surface area (Å²) in [5.41, 5.74) is 6.05. The first kappa shape index (κ1) is 17.4. The Balaban J connectivity index is 1.50. The molecule has 0 aliphatic rings. The van der Waals surface area contributed by atoms with Crippen molar-refractivity contribution in [3.8, 4) is 0 Å². The summed E-state index contributed by atoms with van der Waals surface area (Å²) in [6, 6.07) is 23.4. The SMILES string of the molecule is O=C(Cc1ccc(F)cc1)N/N=C\c1ccc(Nc2ccccc2)cc1. The number of halogens is 1. The minimum Gasteiger partial charge on any atom is -0.356 e. The monoisotopic (exact) mass is 347 g/mol.